The van der Waals surface area contributed by atoms with Crippen LogP contribution in [-0.4, -0.2) is 21.9 Å². The summed E-state index contributed by atoms with van der Waals surface area (Å²) in [7, 11) is 0. The summed E-state index contributed by atoms with van der Waals surface area (Å²) in [5.41, 5.74) is 2.83. The Kier molecular flexibility index (Phi) is 4.91. The first-order chi connectivity index (χ1) is 14.0. The molecular weight excluding hydrogens is 368 g/mol. The third kappa shape index (κ3) is 4.06. The monoisotopic (exact) mass is 386 g/mol. The second-order valence-corrected chi connectivity index (χ2v) is 6.62. The van der Waals surface area contributed by atoms with Crippen molar-refractivity contribution in [2.75, 3.05) is 0 Å². The summed E-state index contributed by atoms with van der Waals surface area (Å²) in [5, 5.41) is 1.77. The number of benzene rings is 2. The summed E-state index contributed by atoms with van der Waals surface area (Å²) in [4.78, 5) is 32.1. The zero-order chi connectivity index (χ0) is 20.4. The van der Waals surface area contributed by atoms with Crippen molar-refractivity contribution < 1.29 is 19.1 Å². The maximum Gasteiger partial charge on any atom is 0.308 e. The first-order valence-corrected chi connectivity index (χ1v) is 9.14. The van der Waals surface area contributed by atoms with E-state index in [2.05, 4.69) is 9.97 Å². The Morgan fingerprint density at radius 1 is 0.690 bits per heavy atom. The van der Waals surface area contributed by atoms with Gasteiger partial charge in [-0.1, -0.05) is 36.4 Å². The lowest BCUT2D eigenvalue weighted by Crippen LogP contribution is -2.04. The Hall–Kier alpha value is -3.80. The van der Waals surface area contributed by atoms with Crippen LogP contribution in [0.4, 0.5) is 0 Å². The van der Waals surface area contributed by atoms with Crippen molar-refractivity contribution in [2.24, 2.45) is 0 Å². The second kappa shape index (κ2) is 7.67. The highest BCUT2D eigenvalue weighted by Crippen LogP contribution is 2.27. The van der Waals surface area contributed by atoms with Crippen LogP contribution in [0.1, 0.15) is 25.2 Å². The van der Waals surface area contributed by atoms with E-state index >= 15 is 0 Å². The molecule has 0 aliphatic heterocycles. The molecule has 0 amide bonds. The summed E-state index contributed by atoms with van der Waals surface area (Å²) in [6, 6.07) is 18.6. The highest BCUT2D eigenvalue weighted by molar-refractivity contribution is 5.88. The molecule has 0 radical (unpaired) electrons. The Balaban J connectivity index is 1.71. The van der Waals surface area contributed by atoms with Gasteiger partial charge in [0.05, 0.1) is 0 Å². The molecule has 2 aromatic heterocycles. The molecule has 29 heavy (non-hydrogen) atoms. The second-order valence-electron chi connectivity index (χ2n) is 6.62. The highest BCUT2D eigenvalue weighted by atomic mass is 16.5. The van der Waals surface area contributed by atoms with Crippen LogP contribution in [0.5, 0.6) is 11.5 Å². The van der Waals surface area contributed by atoms with Crippen LogP contribution in [0, 0.1) is 0 Å². The first-order valence-electron chi connectivity index (χ1n) is 9.14. The molecule has 0 saturated carbocycles. The molecule has 4 aromatic rings. The Morgan fingerprint density at radius 2 is 1.14 bits per heavy atom. The molecule has 0 saturated heterocycles. The number of aromatic nitrogens is 2. The molecule has 0 bridgehead atoms. The summed E-state index contributed by atoms with van der Waals surface area (Å²) in [6.07, 6.45) is 0.481. The van der Waals surface area contributed by atoms with Crippen molar-refractivity contribution in [1.82, 2.24) is 9.97 Å². The van der Waals surface area contributed by atoms with E-state index in [-0.39, 0.29) is 11.9 Å². The average Bonchev–Trinajstić information content (AvgIpc) is 2.68. The lowest BCUT2D eigenvalue weighted by Gasteiger charge is -2.09. The van der Waals surface area contributed by atoms with Crippen LogP contribution >= 0.6 is 0 Å². The van der Waals surface area contributed by atoms with Gasteiger partial charge < -0.3 is 9.47 Å². The van der Waals surface area contributed by atoms with E-state index < -0.39 is 0 Å². The van der Waals surface area contributed by atoms with Crippen molar-refractivity contribution in [2.45, 2.75) is 20.3 Å². The predicted octanol–water partition coefficient (Wildman–Crippen LogP) is 4.22. The van der Waals surface area contributed by atoms with Gasteiger partial charge in [-0.2, -0.15) is 0 Å². The van der Waals surface area contributed by atoms with E-state index in [9.17, 15) is 9.59 Å². The van der Waals surface area contributed by atoms with E-state index in [1.54, 1.807) is 12.1 Å². The number of carbonyl (C=O) groups excluding carboxylic acids is 2. The number of nitrogens with zero attached hydrogens (tertiary/aromatic N) is 2. The van der Waals surface area contributed by atoms with Gasteiger partial charge in [0.15, 0.2) is 11.5 Å². The van der Waals surface area contributed by atoms with Crippen molar-refractivity contribution in [3.05, 3.63) is 72.1 Å². The highest BCUT2D eigenvalue weighted by Gasteiger charge is 2.10. The summed E-state index contributed by atoms with van der Waals surface area (Å²) in [6.45, 7) is 2.73. The topological polar surface area (TPSA) is 78.4 Å². The Morgan fingerprint density at radius 3 is 1.55 bits per heavy atom. The fourth-order valence-corrected chi connectivity index (χ4v) is 3.18. The molecule has 6 nitrogen and oxygen atoms in total. The lowest BCUT2D eigenvalue weighted by atomic mass is 10.1. The molecule has 2 aromatic carbocycles. The Bertz CT molecular complexity index is 1150. The molecule has 0 atom stereocenters. The van der Waals surface area contributed by atoms with Crippen molar-refractivity contribution in [3.63, 3.8) is 0 Å². The minimum Gasteiger partial charge on any atom is -0.424 e. The van der Waals surface area contributed by atoms with Gasteiger partial charge in [-0.15, -0.1) is 0 Å². The van der Waals surface area contributed by atoms with E-state index in [0.29, 0.717) is 29.0 Å². The molecule has 0 unspecified atom stereocenters. The third-order valence-corrected chi connectivity index (χ3v) is 4.35. The van der Waals surface area contributed by atoms with E-state index in [0.717, 1.165) is 22.2 Å². The molecule has 0 fully saturated rings. The van der Waals surface area contributed by atoms with Crippen molar-refractivity contribution in [1.29, 1.82) is 0 Å². The quantitative estimate of drug-likeness (QED) is 0.386. The molecular formula is C23H18N2O4. The number of hydrogen-bond acceptors (Lipinski definition) is 6. The first kappa shape index (κ1) is 18.6. The number of para-hydroxylation sites is 2. The van der Waals surface area contributed by atoms with Crippen LogP contribution < -0.4 is 9.47 Å². The number of carbonyl (C=O) groups is 2. The SMILES string of the molecule is CC(=O)Oc1cccc2ccc(Cc3ccc4cccc(OC(C)=O)c4n3)nc12. The van der Waals surface area contributed by atoms with Gasteiger partial charge in [0.2, 0.25) is 0 Å². The molecule has 0 aliphatic rings. The third-order valence-electron chi connectivity index (χ3n) is 4.35. The number of fused-ring (bicyclic) bond motifs is 2. The molecule has 144 valence electrons. The smallest absolute Gasteiger partial charge is 0.308 e. The summed E-state index contributed by atoms with van der Waals surface area (Å²) in [5.74, 6) is 0.0822. The standard InChI is InChI=1S/C23H18N2O4/c1-14(26)28-20-7-3-5-16-9-11-18(24-22(16)20)13-19-12-10-17-6-4-8-21(23(17)25-19)29-15(2)27/h3-12H,13H2,1-2H3. The molecule has 2 heterocycles. The van der Waals surface area contributed by atoms with Gasteiger partial charge >= 0.3 is 11.9 Å². The van der Waals surface area contributed by atoms with Gasteiger partial charge in [0.1, 0.15) is 11.0 Å². The van der Waals surface area contributed by atoms with Gasteiger partial charge in [-0.05, 0) is 24.3 Å². The summed E-state index contributed by atoms with van der Waals surface area (Å²) < 4.78 is 10.6. The van der Waals surface area contributed by atoms with Crippen molar-refractivity contribution >= 4 is 33.7 Å². The fourth-order valence-electron chi connectivity index (χ4n) is 3.18. The number of ether oxygens (including phenoxy) is 2. The normalized spacial score (nSPS) is 10.8. The number of hydrogen-bond donors (Lipinski definition) is 0. The molecule has 4 rings (SSSR count). The molecule has 0 aliphatic carbocycles. The average molecular weight is 386 g/mol. The van der Waals surface area contributed by atoms with Crippen molar-refractivity contribution in [3.8, 4) is 11.5 Å². The van der Waals surface area contributed by atoms with Crippen LogP contribution in [0.15, 0.2) is 60.7 Å². The largest absolute Gasteiger partial charge is 0.424 e. The van der Waals surface area contributed by atoms with Crippen LogP contribution in [0.3, 0.4) is 0 Å². The maximum absolute atomic E-state index is 11.4. The summed E-state index contributed by atoms with van der Waals surface area (Å²) >= 11 is 0. The fraction of sp³-hybridized carbons (Fsp3) is 0.130. The zero-order valence-electron chi connectivity index (χ0n) is 16.0. The minimum absolute atomic E-state index is 0.390. The number of pyridine rings is 2. The van der Waals surface area contributed by atoms with E-state index in [1.807, 2.05) is 48.5 Å². The minimum atomic E-state index is -0.390. The van der Waals surface area contributed by atoms with Crippen LogP contribution in [0.25, 0.3) is 21.8 Å². The van der Waals surface area contributed by atoms with Gasteiger partial charge in [-0.25, -0.2) is 9.97 Å². The number of esters is 2. The van der Waals surface area contributed by atoms with Crippen LogP contribution in [-0.2, 0) is 16.0 Å². The van der Waals surface area contributed by atoms with Crippen LogP contribution in [0.2, 0.25) is 0 Å². The zero-order valence-corrected chi connectivity index (χ0v) is 16.0. The maximum atomic E-state index is 11.4. The predicted molar refractivity (Wildman–Crippen MR) is 109 cm³/mol. The lowest BCUT2D eigenvalue weighted by molar-refractivity contribution is -0.132. The molecule has 0 N–H and O–H groups in total. The number of rotatable bonds is 4. The van der Waals surface area contributed by atoms with Gasteiger partial charge in [-0.3, -0.25) is 9.59 Å². The van der Waals surface area contributed by atoms with E-state index in [4.69, 9.17) is 9.47 Å². The van der Waals surface area contributed by atoms with Gasteiger partial charge in [0, 0.05) is 42.4 Å². The Labute approximate surface area is 167 Å². The van der Waals surface area contributed by atoms with Gasteiger partial charge in [0.25, 0.3) is 0 Å². The molecule has 6 heteroatoms. The van der Waals surface area contributed by atoms with E-state index in [1.165, 1.54) is 13.8 Å². The molecule has 0 spiro atoms.